The van der Waals surface area contributed by atoms with Gasteiger partial charge in [-0.3, -0.25) is 4.79 Å². The highest BCUT2D eigenvalue weighted by Crippen LogP contribution is 1.94. The second-order valence-electron chi connectivity index (χ2n) is 2.28. The molecule has 0 aromatic heterocycles. The molecule has 3 heteroatoms. The van der Waals surface area contributed by atoms with E-state index in [0.29, 0.717) is 12.8 Å². The van der Waals surface area contributed by atoms with E-state index in [1.807, 2.05) is 0 Å². The summed E-state index contributed by atoms with van der Waals surface area (Å²) in [5.74, 6) is -0.222. The van der Waals surface area contributed by atoms with Crippen molar-refractivity contribution in [2.24, 2.45) is 0 Å². The lowest BCUT2D eigenvalue weighted by Gasteiger charge is -1.95. The van der Waals surface area contributed by atoms with Gasteiger partial charge in [0.25, 0.3) is 0 Å². The van der Waals surface area contributed by atoms with E-state index in [2.05, 4.69) is 4.74 Å². The number of hydrogen-bond acceptors (Lipinski definition) is 3. The fourth-order valence-corrected chi connectivity index (χ4v) is 0.596. The number of methoxy groups -OCH3 is 1. The van der Waals surface area contributed by atoms with Gasteiger partial charge in [-0.05, 0) is 13.3 Å². The Balaban J connectivity index is 3.34. The SMILES string of the molecule is COC(=O)CC/C=C/C(C)O. The lowest BCUT2D eigenvalue weighted by Crippen LogP contribution is -1.98. The van der Waals surface area contributed by atoms with E-state index in [0.717, 1.165) is 0 Å². The molecule has 0 aromatic carbocycles. The molecule has 0 aliphatic heterocycles. The molecule has 0 bridgehead atoms. The Morgan fingerprint density at radius 1 is 1.73 bits per heavy atom. The normalized spacial score (nSPS) is 13.4. The van der Waals surface area contributed by atoms with Crippen LogP contribution in [-0.4, -0.2) is 24.3 Å². The van der Waals surface area contributed by atoms with Gasteiger partial charge < -0.3 is 9.84 Å². The zero-order valence-electron chi connectivity index (χ0n) is 6.91. The van der Waals surface area contributed by atoms with Crippen LogP contribution in [-0.2, 0) is 9.53 Å². The molecule has 3 nitrogen and oxygen atoms in total. The van der Waals surface area contributed by atoms with Gasteiger partial charge in [-0.25, -0.2) is 0 Å². The molecule has 0 rings (SSSR count). The van der Waals surface area contributed by atoms with E-state index in [1.54, 1.807) is 19.1 Å². The second-order valence-corrected chi connectivity index (χ2v) is 2.28. The summed E-state index contributed by atoms with van der Waals surface area (Å²) in [6, 6.07) is 0. The van der Waals surface area contributed by atoms with Crippen molar-refractivity contribution in [2.45, 2.75) is 25.9 Å². The minimum Gasteiger partial charge on any atom is -0.469 e. The first-order valence-corrected chi connectivity index (χ1v) is 3.58. The summed E-state index contributed by atoms with van der Waals surface area (Å²) in [4.78, 5) is 10.5. The fourth-order valence-electron chi connectivity index (χ4n) is 0.596. The summed E-state index contributed by atoms with van der Waals surface area (Å²) in [5, 5.41) is 8.77. The number of carbonyl (C=O) groups excluding carboxylic acids is 1. The number of aliphatic hydroxyl groups is 1. The molecular weight excluding hydrogens is 144 g/mol. The van der Waals surface area contributed by atoms with E-state index in [-0.39, 0.29) is 5.97 Å². The summed E-state index contributed by atoms with van der Waals surface area (Å²) in [6.45, 7) is 1.66. The Bertz CT molecular complexity index is 138. The Morgan fingerprint density at radius 3 is 2.82 bits per heavy atom. The molecule has 1 atom stereocenters. The summed E-state index contributed by atoms with van der Waals surface area (Å²) >= 11 is 0. The largest absolute Gasteiger partial charge is 0.469 e. The number of rotatable bonds is 4. The molecule has 11 heavy (non-hydrogen) atoms. The van der Waals surface area contributed by atoms with E-state index in [1.165, 1.54) is 7.11 Å². The number of hydrogen-bond donors (Lipinski definition) is 1. The Kier molecular flexibility index (Phi) is 5.47. The minimum absolute atomic E-state index is 0.222. The van der Waals surface area contributed by atoms with Gasteiger partial charge in [0.15, 0.2) is 0 Å². The smallest absolute Gasteiger partial charge is 0.305 e. The van der Waals surface area contributed by atoms with Gasteiger partial charge in [-0.15, -0.1) is 0 Å². The number of esters is 1. The third-order valence-electron chi connectivity index (χ3n) is 1.16. The number of allylic oxidation sites excluding steroid dienone is 1. The van der Waals surface area contributed by atoms with Gasteiger partial charge in [0, 0.05) is 6.42 Å². The lowest BCUT2D eigenvalue weighted by molar-refractivity contribution is -0.140. The summed E-state index contributed by atoms with van der Waals surface area (Å²) in [6.07, 6.45) is 3.97. The number of ether oxygens (including phenoxy) is 1. The summed E-state index contributed by atoms with van der Waals surface area (Å²) in [5.41, 5.74) is 0. The molecule has 1 N–H and O–H groups in total. The van der Waals surface area contributed by atoms with Crippen molar-refractivity contribution in [1.82, 2.24) is 0 Å². The van der Waals surface area contributed by atoms with Gasteiger partial charge in [-0.1, -0.05) is 12.2 Å². The molecular formula is C8H14O3. The topological polar surface area (TPSA) is 46.5 Å². The predicted octanol–water partition coefficient (Wildman–Crippen LogP) is 0.877. The maximum Gasteiger partial charge on any atom is 0.305 e. The monoisotopic (exact) mass is 158 g/mol. The van der Waals surface area contributed by atoms with Crippen LogP contribution in [0.15, 0.2) is 12.2 Å². The van der Waals surface area contributed by atoms with Crippen LogP contribution in [0.4, 0.5) is 0 Å². The van der Waals surface area contributed by atoms with Gasteiger partial charge >= 0.3 is 5.97 Å². The van der Waals surface area contributed by atoms with Crippen molar-refractivity contribution in [2.75, 3.05) is 7.11 Å². The Hall–Kier alpha value is -0.830. The molecule has 0 saturated carbocycles. The fraction of sp³-hybridized carbons (Fsp3) is 0.625. The second kappa shape index (κ2) is 5.92. The summed E-state index contributed by atoms with van der Waals surface area (Å²) < 4.78 is 4.42. The van der Waals surface area contributed by atoms with Crippen LogP contribution in [0, 0.1) is 0 Å². The standard InChI is InChI=1S/C8H14O3/c1-7(9)5-3-4-6-8(10)11-2/h3,5,7,9H,4,6H2,1-2H3/b5-3+. The van der Waals surface area contributed by atoms with E-state index in [9.17, 15) is 4.79 Å². The van der Waals surface area contributed by atoms with E-state index < -0.39 is 6.10 Å². The van der Waals surface area contributed by atoms with Crippen molar-refractivity contribution >= 4 is 5.97 Å². The molecule has 0 radical (unpaired) electrons. The molecule has 0 spiro atoms. The molecule has 0 heterocycles. The van der Waals surface area contributed by atoms with Crippen LogP contribution in [0.3, 0.4) is 0 Å². The first-order valence-electron chi connectivity index (χ1n) is 3.58. The van der Waals surface area contributed by atoms with E-state index >= 15 is 0 Å². The summed E-state index contributed by atoms with van der Waals surface area (Å²) in [7, 11) is 1.36. The van der Waals surface area contributed by atoms with Crippen LogP contribution in [0.1, 0.15) is 19.8 Å². The third kappa shape index (κ3) is 7.06. The zero-order valence-corrected chi connectivity index (χ0v) is 6.91. The lowest BCUT2D eigenvalue weighted by atomic mass is 10.2. The van der Waals surface area contributed by atoms with Crippen molar-refractivity contribution in [3.8, 4) is 0 Å². The average molecular weight is 158 g/mol. The molecule has 1 unspecified atom stereocenters. The minimum atomic E-state index is -0.437. The zero-order chi connectivity index (χ0) is 8.69. The molecule has 0 aliphatic carbocycles. The highest BCUT2D eigenvalue weighted by atomic mass is 16.5. The Morgan fingerprint density at radius 2 is 2.36 bits per heavy atom. The quantitative estimate of drug-likeness (QED) is 0.488. The van der Waals surface area contributed by atoms with Gasteiger partial charge in [0.05, 0.1) is 13.2 Å². The van der Waals surface area contributed by atoms with Crippen LogP contribution < -0.4 is 0 Å². The highest BCUT2D eigenvalue weighted by Gasteiger charge is 1.95. The molecule has 0 aliphatic rings. The first kappa shape index (κ1) is 10.2. The number of carbonyl (C=O) groups is 1. The van der Waals surface area contributed by atoms with Crippen molar-refractivity contribution < 1.29 is 14.6 Å². The predicted molar refractivity (Wildman–Crippen MR) is 42.1 cm³/mol. The maximum absolute atomic E-state index is 10.5. The highest BCUT2D eigenvalue weighted by molar-refractivity contribution is 5.69. The Labute approximate surface area is 66.7 Å². The molecule has 0 saturated heterocycles. The third-order valence-corrected chi connectivity index (χ3v) is 1.16. The van der Waals surface area contributed by atoms with Gasteiger partial charge in [0.1, 0.15) is 0 Å². The van der Waals surface area contributed by atoms with Crippen molar-refractivity contribution in [1.29, 1.82) is 0 Å². The molecule has 0 aromatic rings. The van der Waals surface area contributed by atoms with Crippen LogP contribution >= 0.6 is 0 Å². The molecule has 0 amide bonds. The van der Waals surface area contributed by atoms with Gasteiger partial charge in [-0.2, -0.15) is 0 Å². The van der Waals surface area contributed by atoms with Gasteiger partial charge in [0.2, 0.25) is 0 Å². The molecule has 64 valence electrons. The average Bonchev–Trinajstić information content (AvgIpc) is 1.97. The molecule has 0 fully saturated rings. The van der Waals surface area contributed by atoms with E-state index in [4.69, 9.17) is 5.11 Å². The van der Waals surface area contributed by atoms with Crippen LogP contribution in [0.2, 0.25) is 0 Å². The van der Waals surface area contributed by atoms with Crippen molar-refractivity contribution in [3.05, 3.63) is 12.2 Å². The van der Waals surface area contributed by atoms with Crippen LogP contribution in [0.25, 0.3) is 0 Å². The number of aliphatic hydroxyl groups excluding tert-OH is 1. The first-order chi connectivity index (χ1) is 5.16. The van der Waals surface area contributed by atoms with Crippen molar-refractivity contribution in [3.63, 3.8) is 0 Å². The maximum atomic E-state index is 10.5. The van der Waals surface area contributed by atoms with Crippen LogP contribution in [0.5, 0.6) is 0 Å².